The number of hydrogen-bond donors (Lipinski definition) is 1. The topological polar surface area (TPSA) is 12.0 Å². The van der Waals surface area contributed by atoms with Crippen LogP contribution in [0, 0.1) is 29.6 Å². The highest BCUT2D eigenvalue weighted by Crippen LogP contribution is 2.37. The van der Waals surface area contributed by atoms with E-state index in [0.29, 0.717) is 0 Å². The van der Waals surface area contributed by atoms with Crippen LogP contribution in [0.2, 0.25) is 0 Å². The van der Waals surface area contributed by atoms with Gasteiger partial charge in [-0.15, -0.1) is 11.8 Å². The highest BCUT2D eigenvalue weighted by atomic mass is 14.8. The zero-order valence-corrected chi connectivity index (χ0v) is 11.2. The molecule has 0 aromatic heterocycles. The van der Waals surface area contributed by atoms with Gasteiger partial charge >= 0.3 is 0 Å². The summed E-state index contributed by atoms with van der Waals surface area (Å²) in [5, 5.41) is 3.34. The summed E-state index contributed by atoms with van der Waals surface area (Å²) in [6.07, 6.45) is 8.13. The van der Waals surface area contributed by atoms with Crippen LogP contribution < -0.4 is 5.32 Å². The molecule has 16 heavy (non-hydrogen) atoms. The number of rotatable bonds is 5. The van der Waals surface area contributed by atoms with Crippen LogP contribution in [0.1, 0.15) is 52.4 Å². The molecule has 0 saturated heterocycles. The lowest BCUT2D eigenvalue weighted by atomic mass is 9.71. The SMILES string of the molecule is CC#CCC1CC(CCC)CCC1CNC. The molecule has 0 spiro atoms. The quantitative estimate of drug-likeness (QED) is 0.701. The van der Waals surface area contributed by atoms with E-state index in [1.165, 1.54) is 38.6 Å². The summed E-state index contributed by atoms with van der Waals surface area (Å²) in [6, 6.07) is 0. The minimum absolute atomic E-state index is 0.838. The highest BCUT2D eigenvalue weighted by Gasteiger charge is 2.28. The van der Waals surface area contributed by atoms with Crippen LogP contribution in [0.4, 0.5) is 0 Å². The van der Waals surface area contributed by atoms with Crippen molar-refractivity contribution < 1.29 is 0 Å². The van der Waals surface area contributed by atoms with Crippen LogP contribution in [-0.4, -0.2) is 13.6 Å². The summed E-state index contributed by atoms with van der Waals surface area (Å²) < 4.78 is 0. The normalized spacial score (nSPS) is 29.6. The van der Waals surface area contributed by atoms with Gasteiger partial charge in [-0.05, 0) is 51.1 Å². The maximum absolute atomic E-state index is 3.34. The molecular formula is C15H27N. The van der Waals surface area contributed by atoms with Gasteiger partial charge in [0.25, 0.3) is 0 Å². The number of hydrogen-bond acceptors (Lipinski definition) is 1. The van der Waals surface area contributed by atoms with E-state index in [1.807, 2.05) is 6.92 Å². The van der Waals surface area contributed by atoms with Crippen LogP contribution in [0.5, 0.6) is 0 Å². The molecule has 1 fully saturated rings. The molecule has 0 aromatic carbocycles. The predicted molar refractivity (Wildman–Crippen MR) is 71.2 cm³/mol. The summed E-state index contributed by atoms with van der Waals surface area (Å²) in [5.74, 6) is 9.02. The Morgan fingerprint density at radius 2 is 2.06 bits per heavy atom. The minimum Gasteiger partial charge on any atom is -0.319 e. The van der Waals surface area contributed by atoms with Crippen LogP contribution in [-0.2, 0) is 0 Å². The van der Waals surface area contributed by atoms with E-state index >= 15 is 0 Å². The first-order valence-corrected chi connectivity index (χ1v) is 6.86. The van der Waals surface area contributed by atoms with Crippen molar-refractivity contribution >= 4 is 0 Å². The lowest BCUT2D eigenvalue weighted by molar-refractivity contribution is 0.173. The summed E-state index contributed by atoms with van der Waals surface area (Å²) in [4.78, 5) is 0. The van der Waals surface area contributed by atoms with Gasteiger partial charge in [-0.25, -0.2) is 0 Å². The van der Waals surface area contributed by atoms with E-state index in [0.717, 1.165) is 24.2 Å². The third kappa shape index (κ3) is 4.18. The largest absolute Gasteiger partial charge is 0.319 e. The monoisotopic (exact) mass is 221 g/mol. The van der Waals surface area contributed by atoms with E-state index in [1.54, 1.807) is 0 Å². The first-order valence-electron chi connectivity index (χ1n) is 6.86. The minimum atomic E-state index is 0.838. The molecular weight excluding hydrogens is 194 g/mol. The van der Waals surface area contributed by atoms with Gasteiger partial charge in [0.15, 0.2) is 0 Å². The summed E-state index contributed by atoms with van der Waals surface area (Å²) in [6.45, 7) is 5.44. The van der Waals surface area contributed by atoms with Crippen molar-refractivity contribution in [2.45, 2.75) is 52.4 Å². The number of nitrogens with one attached hydrogen (secondary N) is 1. The molecule has 3 unspecified atom stereocenters. The predicted octanol–water partition coefficient (Wildman–Crippen LogP) is 3.45. The van der Waals surface area contributed by atoms with E-state index in [4.69, 9.17) is 0 Å². The van der Waals surface area contributed by atoms with Crippen LogP contribution >= 0.6 is 0 Å². The Morgan fingerprint density at radius 3 is 2.69 bits per heavy atom. The molecule has 92 valence electrons. The molecule has 0 bridgehead atoms. The molecule has 1 aliphatic rings. The van der Waals surface area contributed by atoms with Crippen molar-refractivity contribution in [1.29, 1.82) is 0 Å². The van der Waals surface area contributed by atoms with Crippen molar-refractivity contribution in [2.24, 2.45) is 17.8 Å². The Morgan fingerprint density at radius 1 is 1.25 bits per heavy atom. The van der Waals surface area contributed by atoms with Crippen molar-refractivity contribution in [3.05, 3.63) is 0 Å². The van der Waals surface area contributed by atoms with Crippen LogP contribution in [0.15, 0.2) is 0 Å². The fourth-order valence-electron chi connectivity index (χ4n) is 3.11. The van der Waals surface area contributed by atoms with Gasteiger partial charge in [0.1, 0.15) is 0 Å². The molecule has 0 amide bonds. The first kappa shape index (κ1) is 13.6. The van der Waals surface area contributed by atoms with Crippen molar-refractivity contribution in [2.75, 3.05) is 13.6 Å². The standard InChI is InChI=1S/C15H27N/c1-4-6-8-14-11-13(7-5-2)9-10-15(14)12-16-3/h13-16H,5,7-12H2,1-3H3. The van der Waals surface area contributed by atoms with E-state index < -0.39 is 0 Å². The van der Waals surface area contributed by atoms with Gasteiger partial charge in [0, 0.05) is 6.42 Å². The summed E-state index contributed by atoms with van der Waals surface area (Å²) in [5.41, 5.74) is 0. The van der Waals surface area contributed by atoms with Gasteiger partial charge in [-0.2, -0.15) is 0 Å². The molecule has 1 saturated carbocycles. The van der Waals surface area contributed by atoms with Crippen molar-refractivity contribution in [3.63, 3.8) is 0 Å². The van der Waals surface area contributed by atoms with Gasteiger partial charge in [0.05, 0.1) is 0 Å². The maximum atomic E-state index is 3.34. The first-order chi connectivity index (χ1) is 7.81. The fourth-order valence-corrected chi connectivity index (χ4v) is 3.11. The second-order valence-electron chi connectivity index (χ2n) is 5.18. The van der Waals surface area contributed by atoms with E-state index in [9.17, 15) is 0 Å². The molecule has 0 aliphatic heterocycles. The Labute approximate surface area is 101 Å². The second kappa shape index (κ2) is 7.74. The zero-order chi connectivity index (χ0) is 11.8. The highest BCUT2D eigenvalue weighted by molar-refractivity contribution is 4.98. The van der Waals surface area contributed by atoms with Gasteiger partial charge in [-0.1, -0.05) is 26.2 Å². The molecule has 3 atom stereocenters. The Balaban J connectivity index is 2.49. The molecule has 0 aromatic rings. The molecule has 1 nitrogen and oxygen atoms in total. The maximum Gasteiger partial charge on any atom is 0.0120 e. The summed E-state index contributed by atoms with van der Waals surface area (Å²) >= 11 is 0. The molecule has 1 aliphatic carbocycles. The molecule has 1 heteroatoms. The average molecular weight is 221 g/mol. The Bertz CT molecular complexity index is 236. The lowest BCUT2D eigenvalue weighted by Crippen LogP contribution is -2.31. The average Bonchev–Trinajstić information content (AvgIpc) is 2.30. The lowest BCUT2D eigenvalue weighted by Gasteiger charge is -2.35. The van der Waals surface area contributed by atoms with Crippen LogP contribution in [0.25, 0.3) is 0 Å². The third-order valence-corrected chi connectivity index (χ3v) is 3.95. The molecule has 1 N–H and O–H groups in total. The second-order valence-corrected chi connectivity index (χ2v) is 5.18. The molecule has 0 heterocycles. The van der Waals surface area contributed by atoms with Gasteiger partial charge < -0.3 is 5.32 Å². The Kier molecular flexibility index (Phi) is 6.57. The zero-order valence-electron chi connectivity index (χ0n) is 11.2. The summed E-state index contributed by atoms with van der Waals surface area (Å²) in [7, 11) is 2.07. The fraction of sp³-hybridized carbons (Fsp3) is 0.867. The Hall–Kier alpha value is -0.480. The van der Waals surface area contributed by atoms with Crippen molar-refractivity contribution in [1.82, 2.24) is 5.32 Å². The van der Waals surface area contributed by atoms with Crippen molar-refractivity contribution in [3.8, 4) is 11.8 Å². The smallest absolute Gasteiger partial charge is 0.0120 e. The van der Waals surface area contributed by atoms with Crippen LogP contribution in [0.3, 0.4) is 0 Å². The van der Waals surface area contributed by atoms with Gasteiger partial charge in [0.2, 0.25) is 0 Å². The van der Waals surface area contributed by atoms with E-state index in [-0.39, 0.29) is 0 Å². The van der Waals surface area contributed by atoms with E-state index in [2.05, 4.69) is 31.1 Å². The molecule has 1 rings (SSSR count). The molecule has 0 radical (unpaired) electrons. The van der Waals surface area contributed by atoms with Gasteiger partial charge in [-0.3, -0.25) is 0 Å². The third-order valence-electron chi connectivity index (χ3n) is 3.95.